The highest BCUT2D eigenvalue weighted by Gasteiger charge is 2.49. The minimum atomic E-state index is 0.0959. The van der Waals surface area contributed by atoms with Gasteiger partial charge in [-0.05, 0) is 41.5 Å². The predicted molar refractivity (Wildman–Crippen MR) is 80.9 cm³/mol. The van der Waals surface area contributed by atoms with Crippen LogP contribution in [0.2, 0.25) is 0 Å². The van der Waals surface area contributed by atoms with Gasteiger partial charge in [-0.3, -0.25) is 4.79 Å². The Labute approximate surface area is 124 Å². The summed E-state index contributed by atoms with van der Waals surface area (Å²) in [4.78, 5) is 15.2. The van der Waals surface area contributed by atoms with Crippen molar-refractivity contribution in [2.45, 2.75) is 37.3 Å². The van der Waals surface area contributed by atoms with Crippen molar-refractivity contribution >= 4 is 5.91 Å². The number of fused-ring (bicyclic) bond motifs is 6. The van der Waals surface area contributed by atoms with Gasteiger partial charge in [0, 0.05) is 0 Å². The van der Waals surface area contributed by atoms with Crippen molar-refractivity contribution < 1.29 is 4.79 Å². The Morgan fingerprint density at radius 2 is 1.43 bits per heavy atom. The van der Waals surface area contributed by atoms with Crippen LogP contribution in [0.3, 0.4) is 0 Å². The van der Waals surface area contributed by atoms with Crippen molar-refractivity contribution in [1.82, 2.24) is 4.90 Å². The molecule has 3 aliphatic rings. The maximum absolute atomic E-state index is 13.0. The van der Waals surface area contributed by atoms with E-state index in [-0.39, 0.29) is 5.92 Å². The molecule has 3 atom stereocenters. The molecule has 2 heterocycles. The average Bonchev–Trinajstić information content (AvgIpc) is 3.05. The first-order valence-corrected chi connectivity index (χ1v) is 7.83. The molecule has 21 heavy (non-hydrogen) atoms. The van der Waals surface area contributed by atoms with Crippen LogP contribution in [0.15, 0.2) is 48.5 Å². The van der Waals surface area contributed by atoms with Crippen LogP contribution in [0.1, 0.15) is 53.1 Å². The molecule has 0 unspecified atom stereocenters. The number of rotatable bonds is 1. The fraction of sp³-hybridized carbons (Fsp3) is 0.316. The van der Waals surface area contributed by atoms with Crippen LogP contribution in [-0.4, -0.2) is 10.8 Å². The first kappa shape index (κ1) is 11.6. The molecule has 5 rings (SSSR count). The molecule has 1 fully saturated rings. The molecule has 2 aliphatic heterocycles. The van der Waals surface area contributed by atoms with Gasteiger partial charge >= 0.3 is 0 Å². The standard InChI is InChI=1S/C19H17NO/c21-19(16-11-12-5-1-2-6-13(12)16)20-17-9-10-18(20)15-8-4-3-7-14(15)17/h1-8,16-18H,9-11H2/t16-,17-,18-/m0/s1. The van der Waals surface area contributed by atoms with Gasteiger partial charge in [0.05, 0.1) is 18.0 Å². The third-order valence-corrected chi connectivity index (χ3v) is 5.51. The Morgan fingerprint density at radius 3 is 2.05 bits per heavy atom. The molecule has 0 aromatic heterocycles. The van der Waals surface area contributed by atoms with E-state index >= 15 is 0 Å². The van der Waals surface area contributed by atoms with Crippen molar-refractivity contribution in [2.75, 3.05) is 0 Å². The summed E-state index contributed by atoms with van der Waals surface area (Å²) in [6.07, 6.45) is 3.17. The van der Waals surface area contributed by atoms with E-state index in [1.54, 1.807) is 0 Å². The minimum Gasteiger partial charge on any atom is -0.328 e. The summed E-state index contributed by atoms with van der Waals surface area (Å²) in [6, 6.07) is 17.6. The average molecular weight is 275 g/mol. The van der Waals surface area contributed by atoms with Gasteiger partial charge < -0.3 is 4.90 Å². The van der Waals surface area contributed by atoms with Crippen LogP contribution in [0, 0.1) is 0 Å². The molecule has 2 aromatic carbocycles. The van der Waals surface area contributed by atoms with Gasteiger partial charge in [-0.1, -0.05) is 48.5 Å². The Bertz CT molecular complexity index is 720. The lowest BCUT2D eigenvalue weighted by Crippen LogP contribution is -2.37. The van der Waals surface area contributed by atoms with Gasteiger partial charge in [-0.15, -0.1) is 0 Å². The maximum atomic E-state index is 13.0. The number of hydrogen-bond acceptors (Lipinski definition) is 1. The molecule has 2 aromatic rings. The third-order valence-electron chi connectivity index (χ3n) is 5.51. The monoisotopic (exact) mass is 275 g/mol. The van der Waals surface area contributed by atoms with Crippen LogP contribution < -0.4 is 0 Å². The normalized spacial score (nSPS) is 28.0. The molecule has 1 amide bonds. The van der Waals surface area contributed by atoms with E-state index in [9.17, 15) is 4.79 Å². The van der Waals surface area contributed by atoms with Gasteiger partial charge in [-0.2, -0.15) is 0 Å². The van der Waals surface area contributed by atoms with Gasteiger partial charge in [-0.25, -0.2) is 0 Å². The van der Waals surface area contributed by atoms with Crippen LogP contribution in [0.25, 0.3) is 0 Å². The van der Waals surface area contributed by atoms with Crippen molar-refractivity contribution in [3.05, 3.63) is 70.8 Å². The number of carbonyl (C=O) groups is 1. The van der Waals surface area contributed by atoms with Gasteiger partial charge in [0.15, 0.2) is 0 Å². The highest BCUT2D eigenvalue weighted by atomic mass is 16.2. The van der Waals surface area contributed by atoms with Crippen molar-refractivity contribution in [2.24, 2.45) is 0 Å². The van der Waals surface area contributed by atoms with E-state index < -0.39 is 0 Å². The van der Waals surface area contributed by atoms with Crippen LogP contribution in [0.5, 0.6) is 0 Å². The second-order valence-electron chi connectivity index (χ2n) is 6.44. The zero-order valence-electron chi connectivity index (χ0n) is 11.8. The van der Waals surface area contributed by atoms with Crippen LogP contribution in [-0.2, 0) is 11.2 Å². The zero-order chi connectivity index (χ0) is 14.0. The SMILES string of the molecule is O=C([C@H]1Cc2ccccc21)N1[C@H]2CC[C@H]1c1ccccc12. The zero-order valence-corrected chi connectivity index (χ0v) is 11.8. The van der Waals surface area contributed by atoms with Crippen molar-refractivity contribution in [1.29, 1.82) is 0 Å². The van der Waals surface area contributed by atoms with Gasteiger partial charge in [0.2, 0.25) is 5.91 Å². The van der Waals surface area contributed by atoms with Gasteiger partial charge in [0.1, 0.15) is 0 Å². The first-order valence-electron chi connectivity index (χ1n) is 7.83. The summed E-state index contributed by atoms with van der Waals surface area (Å²) in [7, 11) is 0. The smallest absolute Gasteiger partial charge is 0.231 e. The Balaban J connectivity index is 1.50. The highest BCUT2D eigenvalue weighted by molar-refractivity contribution is 5.88. The fourth-order valence-corrected chi connectivity index (χ4v) is 4.51. The summed E-state index contributed by atoms with van der Waals surface area (Å²) in [5.41, 5.74) is 5.36. The van der Waals surface area contributed by atoms with Gasteiger partial charge in [0.25, 0.3) is 0 Å². The lowest BCUT2D eigenvalue weighted by molar-refractivity contribution is -0.135. The second kappa shape index (κ2) is 3.97. The molecular formula is C19H17NO. The molecule has 104 valence electrons. The highest BCUT2D eigenvalue weighted by Crippen LogP contribution is 2.54. The fourth-order valence-electron chi connectivity index (χ4n) is 4.51. The van der Waals surface area contributed by atoms with E-state index in [2.05, 4.69) is 47.4 Å². The van der Waals surface area contributed by atoms with E-state index in [1.165, 1.54) is 22.3 Å². The summed E-state index contributed by atoms with van der Waals surface area (Å²) in [5.74, 6) is 0.441. The molecule has 1 saturated heterocycles. The third kappa shape index (κ3) is 1.40. The van der Waals surface area contributed by atoms with Crippen LogP contribution >= 0.6 is 0 Å². The summed E-state index contributed by atoms with van der Waals surface area (Å²) < 4.78 is 0. The Morgan fingerprint density at radius 1 is 0.857 bits per heavy atom. The van der Waals surface area contributed by atoms with E-state index in [0.29, 0.717) is 18.0 Å². The molecule has 0 saturated carbocycles. The number of hydrogen-bond donors (Lipinski definition) is 0. The number of nitrogens with zero attached hydrogens (tertiary/aromatic N) is 1. The second-order valence-corrected chi connectivity index (χ2v) is 6.44. The first-order chi connectivity index (χ1) is 10.3. The molecular weight excluding hydrogens is 258 g/mol. The lowest BCUT2D eigenvalue weighted by Gasteiger charge is -2.34. The van der Waals surface area contributed by atoms with Crippen LogP contribution in [0.4, 0.5) is 0 Å². The maximum Gasteiger partial charge on any atom is 0.231 e. The van der Waals surface area contributed by atoms with E-state index in [4.69, 9.17) is 0 Å². The molecule has 0 radical (unpaired) electrons. The quantitative estimate of drug-likeness (QED) is 0.776. The minimum absolute atomic E-state index is 0.0959. The Hall–Kier alpha value is -2.09. The number of benzene rings is 2. The van der Waals surface area contributed by atoms with E-state index in [1.807, 2.05) is 6.07 Å². The Kier molecular flexibility index (Phi) is 2.19. The van der Waals surface area contributed by atoms with E-state index in [0.717, 1.165) is 19.3 Å². The van der Waals surface area contributed by atoms with Crippen molar-refractivity contribution in [3.8, 4) is 0 Å². The molecule has 2 bridgehead atoms. The summed E-state index contributed by atoms with van der Waals surface area (Å²) in [6.45, 7) is 0. The number of amides is 1. The number of carbonyl (C=O) groups excluding carboxylic acids is 1. The molecule has 2 nitrogen and oxygen atoms in total. The molecule has 0 spiro atoms. The topological polar surface area (TPSA) is 20.3 Å². The molecule has 1 aliphatic carbocycles. The largest absolute Gasteiger partial charge is 0.328 e. The molecule has 2 heteroatoms. The summed E-state index contributed by atoms with van der Waals surface area (Å²) >= 11 is 0. The predicted octanol–water partition coefficient (Wildman–Crippen LogP) is 3.74. The van der Waals surface area contributed by atoms with Crippen molar-refractivity contribution in [3.63, 3.8) is 0 Å². The molecule has 0 N–H and O–H groups in total. The summed E-state index contributed by atoms with van der Waals surface area (Å²) in [5, 5.41) is 0. The lowest BCUT2D eigenvalue weighted by atomic mass is 9.76.